The van der Waals surface area contributed by atoms with Crippen LogP contribution in [0.5, 0.6) is 5.75 Å². The molecule has 1 fully saturated rings. The predicted molar refractivity (Wildman–Crippen MR) is 120 cm³/mol. The molecular formula is C22H27N7O6. The third-order valence-electron chi connectivity index (χ3n) is 5.44. The van der Waals surface area contributed by atoms with E-state index in [0.717, 1.165) is 5.56 Å². The summed E-state index contributed by atoms with van der Waals surface area (Å²) in [4.78, 5) is 22.6. The molecule has 1 aliphatic rings. The van der Waals surface area contributed by atoms with Gasteiger partial charge in [0.05, 0.1) is 40.1 Å². The molecular weight excluding hydrogens is 458 g/mol. The number of nitrogens with zero attached hydrogens (tertiary/aromatic N) is 6. The molecule has 1 aromatic carbocycles. The maximum Gasteiger partial charge on any atom is 0.270 e. The summed E-state index contributed by atoms with van der Waals surface area (Å²) < 4.78 is 16.5. The van der Waals surface area contributed by atoms with Crippen molar-refractivity contribution < 1.29 is 29.2 Å². The van der Waals surface area contributed by atoms with Crippen molar-refractivity contribution in [3.63, 3.8) is 0 Å². The zero-order valence-corrected chi connectivity index (χ0v) is 19.4. The maximum absolute atomic E-state index is 12.7. The number of rotatable bonds is 9. The Kier molecular flexibility index (Phi) is 7.60. The highest BCUT2D eigenvalue weighted by Gasteiger charge is 2.36. The molecule has 13 heteroatoms. The van der Waals surface area contributed by atoms with Crippen molar-refractivity contribution in [2.75, 3.05) is 33.5 Å². The van der Waals surface area contributed by atoms with Crippen molar-refractivity contribution in [1.29, 1.82) is 0 Å². The van der Waals surface area contributed by atoms with E-state index in [-0.39, 0.29) is 56.5 Å². The van der Waals surface area contributed by atoms with Crippen LogP contribution in [0.1, 0.15) is 21.9 Å². The molecule has 0 saturated carbocycles. The normalized spacial score (nSPS) is 17.2. The lowest BCUT2D eigenvalue weighted by molar-refractivity contribution is -0.220. The molecule has 3 N–H and O–H groups in total. The fourth-order valence-corrected chi connectivity index (χ4v) is 3.43. The second kappa shape index (κ2) is 10.8. The molecule has 4 rings (SSSR count). The molecule has 35 heavy (non-hydrogen) atoms. The Morgan fingerprint density at radius 2 is 2.11 bits per heavy atom. The number of benzene rings is 1. The van der Waals surface area contributed by atoms with Gasteiger partial charge in [0.1, 0.15) is 34.7 Å². The average Bonchev–Trinajstić information content (AvgIpc) is 3.36. The first-order valence-electron chi connectivity index (χ1n) is 11.0. The number of carbonyl (C=O) groups excluding carboxylic acids is 1. The van der Waals surface area contributed by atoms with Gasteiger partial charge in [-0.2, -0.15) is 4.80 Å². The summed E-state index contributed by atoms with van der Waals surface area (Å²) >= 11 is 0. The van der Waals surface area contributed by atoms with Crippen molar-refractivity contribution >= 4 is 5.91 Å². The Balaban J connectivity index is 1.40. The van der Waals surface area contributed by atoms with Crippen LogP contribution in [0.25, 0.3) is 11.5 Å². The third-order valence-corrected chi connectivity index (χ3v) is 5.44. The first-order chi connectivity index (χ1) is 16.9. The van der Waals surface area contributed by atoms with Crippen LogP contribution in [0.15, 0.2) is 30.3 Å². The van der Waals surface area contributed by atoms with Gasteiger partial charge in [0.2, 0.25) is 5.82 Å². The Bertz CT molecular complexity index is 1160. The standard InChI is InChI=1S/C22H27N7O6/c1-14-24-18(7-19(25-14)21(32)23-8-15-4-3-5-16(6-15)33-2)20-26-28-29(27-20)9-17-10-35-22(11-30,12-31)13-34-17/h3-7,17,30-31H,8-13H2,1-2H3,(H,23,32). The number of ether oxygens (including phenoxy) is 3. The zero-order valence-electron chi connectivity index (χ0n) is 19.4. The van der Waals surface area contributed by atoms with Crippen LogP contribution in [-0.2, 0) is 22.6 Å². The largest absolute Gasteiger partial charge is 0.497 e. The molecule has 3 aromatic rings. The minimum Gasteiger partial charge on any atom is -0.497 e. The number of tetrazole rings is 1. The highest BCUT2D eigenvalue weighted by atomic mass is 16.6. The number of aliphatic hydroxyl groups is 2. The minimum atomic E-state index is -1.10. The van der Waals surface area contributed by atoms with Crippen molar-refractivity contribution in [2.45, 2.75) is 31.7 Å². The van der Waals surface area contributed by atoms with Crippen LogP contribution in [0, 0.1) is 6.92 Å². The van der Waals surface area contributed by atoms with Gasteiger partial charge in [-0.3, -0.25) is 4.79 Å². The molecule has 0 radical (unpaired) electrons. The molecule has 0 aliphatic carbocycles. The molecule has 0 spiro atoms. The smallest absolute Gasteiger partial charge is 0.270 e. The van der Waals surface area contributed by atoms with E-state index in [4.69, 9.17) is 14.2 Å². The van der Waals surface area contributed by atoms with Gasteiger partial charge in [0, 0.05) is 6.54 Å². The number of hydrogen-bond donors (Lipinski definition) is 3. The lowest BCUT2D eigenvalue weighted by Crippen LogP contribution is -2.52. The second-order valence-corrected chi connectivity index (χ2v) is 8.13. The monoisotopic (exact) mass is 485 g/mol. The van der Waals surface area contributed by atoms with Crippen LogP contribution in [0.3, 0.4) is 0 Å². The topological polar surface area (TPSA) is 167 Å². The number of methoxy groups -OCH3 is 1. The van der Waals surface area contributed by atoms with Crippen molar-refractivity contribution in [2.24, 2.45) is 0 Å². The number of aromatic nitrogens is 6. The SMILES string of the molecule is COc1cccc(CNC(=O)c2cc(-c3nnn(CC4COC(CO)(CO)CO4)n3)nc(C)n2)c1. The Labute approximate surface area is 201 Å². The zero-order chi connectivity index (χ0) is 24.8. The predicted octanol–water partition coefficient (Wildman–Crippen LogP) is -0.484. The number of carbonyl (C=O) groups is 1. The number of aliphatic hydroxyl groups excluding tert-OH is 2. The fraction of sp³-hybridized carbons (Fsp3) is 0.455. The molecule has 3 heterocycles. The van der Waals surface area contributed by atoms with Crippen LogP contribution in [0.4, 0.5) is 0 Å². The molecule has 1 aliphatic heterocycles. The van der Waals surface area contributed by atoms with Gasteiger partial charge in [-0.1, -0.05) is 12.1 Å². The van der Waals surface area contributed by atoms with Gasteiger partial charge in [-0.15, -0.1) is 10.2 Å². The molecule has 1 saturated heterocycles. The third kappa shape index (κ3) is 5.95. The summed E-state index contributed by atoms with van der Waals surface area (Å²) in [6, 6.07) is 8.91. The van der Waals surface area contributed by atoms with Crippen molar-refractivity contribution in [3.05, 3.63) is 47.4 Å². The van der Waals surface area contributed by atoms with E-state index in [2.05, 4.69) is 30.7 Å². The van der Waals surface area contributed by atoms with Crippen molar-refractivity contribution in [3.8, 4) is 17.3 Å². The van der Waals surface area contributed by atoms with Gasteiger partial charge in [-0.05, 0) is 35.9 Å². The highest BCUT2D eigenvalue weighted by Crippen LogP contribution is 2.19. The van der Waals surface area contributed by atoms with Crippen LogP contribution >= 0.6 is 0 Å². The number of hydrogen-bond acceptors (Lipinski definition) is 11. The molecule has 1 unspecified atom stereocenters. The van der Waals surface area contributed by atoms with E-state index in [1.54, 1.807) is 14.0 Å². The molecule has 13 nitrogen and oxygen atoms in total. The van der Waals surface area contributed by atoms with E-state index < -0.39 is 5.60 Å². The lowest BCUT2D eigenvalue weighted by Gasteiger charge is -2.37. The molecule has 1 amide bonds. The molecule has 186 valence electrons. The number of aryl methyl sites for hydroxylation is 1. The van der Waals surface area contributed by atoms with Gasteiger partial charge >= 0.3 is 0 Å². The van der Waals surface area contributed by atoms with E-state index >= 15 is 0 Å². The van der Waals surface area contributed by atoms with Crippen LogP contribution < -0.4 is 10.1 Å². The molecule has 0 bridgehead atoms. The van der Waals surface area contributed by atoms with Gasteiger partial charge in [0.25, 0.3) is 5.91 Å². The summed E-state index contributed by atoms with van der Waals surface area (Å²) in [5, 5.41) is 34.0. The highest BCUT2D eigenvalue weighted by molar-refractivity contribution is 5.93. The fourth-order valence-electron chi connectivity index (χ4n) is 3.43. The Morgan fingerprint density at radius 3 is 2.83 bits per heavy atom. The first-order valence-corrected chi connectivity index (χ1v) is 11.0. The van der Waals surface area contributed by atoms with Crippen molar-refractivity contribution in [1.82, 2.24) is 35.5 Å². The van der Waals surface area contributed by atoms with E-state index in [0.29, 0.717) is 23.8 Å². The first kappa shape index (κ1) is 24.6. The maximum atomic E-state index is 12.7. The lowest BCUT2D eigenvalue weighted by atomic mass is 10.1. The summed E-state index contributed by atoms with van der Waals surface area (Å²) in [7, 11) is 1.59. The minimum absolute atomic E-state index is 0.0472. The van der Waals surface area contributed by atoms with Crippen LogP contribution in [0.2, 0.25) is 0 Å². The van der Waals surface area contributed by atoms with Gasteiger partial charge in [-0.25, -0.2) is 9.97 Å². The summed E-state index contributed by atoms with van der Waals surface area (Å²) in [5.41, 5.74) is 0.327. The molecule has 2 aromatic heterocycles. The second-order valence-electron chi connectivity index (χ2n) is 8.13. The van der Waals surface area contributed by atoms with Gasteiger partial charge < -0.3 is 29.7 Å². The Morgan fingerprint density at radius 1 is 1.29 bits per heavy atom. The molecule has 1 atom stereocenters. The van der Waals surface area contributed by atoms with E-state index in [1.165, 1.54) is 10.9 Å². The summed E-state index contributed by atoms with van der Waals surface area (Å²) in [5.74, 6) is 0.959. The summed E-state index contributed by atoms with van der Waals surface area (Å²) in [6.07, 6.45) is -0.381. The van der Waals surface area contributed by atoms with E-state index in [1.807, 2.05) is 24.3 Å². The van der Waals surface area contributed by atoms with E-state index in [9.17, 15) is 15.0 Å². The number of amides is 1. The summed E-state index contributed by atoms with van der Waals surface area (Å²) in [6.45, 7) is 1.75. The average molecular weight is 486 g/mol. The Hall–Kier alpha value is -3.52. The quantitative estimate of drug-likeness (QED) is 0.358. The van der Waals surface area contributed by atoms with Crippen LogP contribution in [-0.4, -0.2) is 91.5 Å². The number of nitrogens with one attached hydrogen (secondary N) is 1. The van der Waals surface area contributed by atoms with Gasteiger partial charge in [0.15, 0.2) is 0 Å².